The first kappa shape index (κ1) is 15.2. The molecule has 0 spiro atoms. The van der Waals surface area contributed by atoms with Gasteiger partial charge in [0.2, 0.25) is 0 Å². The molecule has 1 atom stereocenters. The van der Waals surface area contributed by atoms with Crippen LogP contribution in [0.15, 0.2) is 12.5 Å². The lowest BCUT2D eigenvalue weighted by molar-refractivity contribution is 0.224. The van der Waals surface area contributed by atoms with Crippen molar-refractivity contribution in [3.8, 4) is 0 Å². The van der Waals surface area contributed by atoms with E-state index < -0.39 is 0 Å². The smallest absolute Gasteiger partial charge is 0.0948 e. The molecule has 0 aliphatic rings. The van der Waals surface area contributed by atoms with Crippen LogP contribution in [-0.2, 0) is 13.1 Å². The maximum atomic E-state index is 4.22. The van der Waals surface area contributed by atoms with E-state index in [0.717, 1.165) is 26.1 Å². The summed E-state index contributed by atoms with van der Waals surface area (Å²) in [6.07, 6.45) is 5.03. The molecular weight excluding hydrogens is 224 g/mol. The molecule has 4 nitrogen and oxygen atoms in total. The number of aryl methyl sites for hydroxylation is 1. The number of rotatable bonds is 8. The second kappa shape index (κ2) is 7.54. The predicted octanol–water partition coefficient (Wildman–Crippen LogP) is 1.97. The number of nitrogens with zero attached hydrogens (tertiary/aromatic N) is 3. The molecule has 1 rings (SSSR count). The molecule has 0 saturated heterocycles. The average Bonchev–Trinajstić information content (AvgIpc) is 2.71. The fraction of sp³-hybridized carbons (Fsp3) is 0.786. The summed E-state index contributed by atoms with van der Waals surface area (Å²) in [4.78, 5) is 6.51. The Hall–Kier alpha value is -0.870. The van der Waals surface area contributed by atoms with Crippen molar-refractivity contribution < 1.29 is 0 Å². The van der Waals surface area contributed by atoms with Crippen LogP contribution < -0.4 is 5.32 Å². The summed E-state index contributed by atoms with van der Waals surface area (Å²) >= 11 is 0. The van der Waals surface area contributed by atoms with Gasteiger partial charge in [0.1, 0.15) is 0 Å². The molecular formula is C14H28N4. The van der Waals surface area contributed by atoms with Crippen molar-refractivity contribution in [3.63, 3.8) is 0 Å². The summed E-state index contributed by atoms with van der Waals surface area (Å²) in [5, 5.41) is 3.55. The zero-order valence-corrected chi connectivity index (χ0v) is 12.5. The van der Waals surface area contributed by atoms with Gasteiger partial charge in [-0.15, -0.1) is 0 Å². The van der Waals surface area contributed by atoms with Crippen molar-refractivity contribution in [2.24, 2.45) is 5.92 Å². The van der Waals surface area contributed by atoms with Gasteiger partial charge in [-0.1, -0.05) is 20.8 Å². The van der Waals surface area contributed by atoms with Gasteiger partial charge in [-0.25, -0.2) is 4.98 Å². The van der Waals surface area contributed by atoms with Gasteiger partial charge >= 0.3 is 0 Å². The minimum absolute atomic E-state index is 0.576. The Balaban J connectivity index is 2.42. The number of hydrogen-bond acceptors (Lipinski definition) is 3. The first-order valence-electron chi connectivity index (χ1n) is 6.92. The van der Waals surface area contributed by atoms with Crippen molar-refractivity contribution in [3.05, 3.63) is 18.2 Å². The van der Waals surface area contributed by atoms with Crippen LogP contribution in [-0.4, -0.2) is 41.1 Å². The maximum Gasteiger partial charge on any atom is 0.0948 e. The van der Waals surface area contributed by atoms with Crippen molar-refractivity contribution >= 4 is 0 Å². The molecule has 18 heavy (non-hydrogen) atoms. The summed E-state index contributed by atoms with van der Waals surface area (Å²) < 4.78 is 2.23. The Morgan fingerprint density at radius 3 is 2.67 bits per heavy atom. The van der Waals surface area contributed by atoms with E-state index in [9.17, 15) is 0 Å². The van der Waals surface area contributed by atoms with Gasteiger partial charge in [0, 0.05) is 31.9 Å². The fourth-order valence-electron chi connectivity index (χ4n) is 2.30. The Bertz CT molecular complexity index is 322. The van der Waals surface area contributed by atoms with E-state index in [1.165, 1.54) is 5.69 Å². The molecule has 1 N–H and O–H groups in total. The van der Waals surface area contributed by atoms with E-state index >= 15 is 0 Å². The summed E-state index contributed by atoms with van der Waals surface area (Å²) in [6, 6.07) is 0.576. The van der Waals surface area contributed by atoms with Crippen LogP contribution in [0.25, 0.3) is 0 Å². The molecule has 1 aromatic heterocycles. The van der Waals surface area contributed by atoms with Gasteiger partial charge < -0.3 is 14.8 Å². The Morgan fingerprint density at radius 2 is 2.11 bits per heavy atom. The third-order valence-corrected chi connectivity index (χ3v) is 3.36. The van der Waals surface area contributed by atoms with Gasteiger partial charge in [-0.05, 0) is 26.4 Å². The minimum atomic E-state index is 0.576. The number of likely N-dealkylation sites (N-methyl/N-ethyl adjacent to an activating group) is 1. The molecule has 0 aliphatic heterocycles. The molecule has 0 radical (unpaired) electrons. The highest BCUT2D eigenvalue weighted by atomic mass is 15.1. The zero-order chi connectivity index (χ0) is 13.5. The van der Waals surface area contributed by atoms with Crippen LogP contribution in [0.3, 0.4) is 0 Å². The molecule has 0 amide bonds. The van der Waals surface area contributed by atoms with Gasteiger partial charge in [0.15, 0.2) is 0 Å². The summed E-state index contributed by atoms with van der Waals surface area (Å²) in [7, 11) is 4.29. The number of aromatic nitrogens is 2. The topological polar surface area (TPSA) is 33.1 Å². The van der Waals surface area contributed by atoms with E-state index in [1.54, 1.807) is 0 Å². The van der Waals surface area contributed by atoms with Crippen LogP contribution in [0.5, 0.6) is 0 Å². The molecule has 1 unspecified atom stereocenters. The molecule has 0 saturated carbocycles. The lowest BCUT2D eigenvalue weighted by Gasteiger charge is -2.28. The average molecular weight is 252 g/mol. The lowest BCUT2D eigenvalue weighted by Crippen LogP contribution is -2.41. The summed E-state index contributed by atoms with van der Waals surface area (Å²) in [6.45, 7) is 9.71. The van der Waals surface area contributed by atoms with E-state index in [4.69, 9.17) is 0 Å². The molecule has 1 aromatic rings. The predicted molar refractivity (Wildman–Crippen MR) is 76.5 cm³/mol. The maximum absolute atomic E-state index is 4.22. The monoisotopic (exact) mass is 252 g/mol. The highest BCUT2D eigenvalue weighted by Gasteiger charge is 2.15. The Labute approximate surface area is 111 Å². The van der Waals surface area contributed by atoms with Crippen LogP contribution in [0.4, 0.5) is 0 Å². The second-order valence-corrected chi connectivity index (χ2v) is 5.48. The summed E-state index contributed by atoms with van der Waals surface area (Å²) in [5.74, 6) is 0.660. The standard InChI is InChI=1S/C14H28N4/c1-6-7-18-11-16-9-13(18)8-15-10-14(12(2)3)17(4)5/h9,11-12,14-15H,6-8,10H2,1-5H3. The largest absolute Gasteiger partial charge is 0.333 e. The van der Waals surface area contributed by atoms with Crippen molar-refractivity contribution in [1.29, 1.82) is 0 Å². The highest BCUT2D eigenvalue weighted by molar-refractivity contribution is 4.98. The third kappa shape index (κ3) is 4.42. The highest BCUT2D eigenvalue weighted by Crippen LogP contribution is 2.07. The fourth-order valence-corrected chi connectivity index (χ4v) is 2.30. The zero-order valence-electron chi connectivity index (χ0n) is 12.5. The molecule has 0 fully saturated rings. The number of nitrogens with one attached hydrogen (secondary N) is 1. The van der Waals surface area contributed by atoms with Crippen molar-refractivity contribution in [2.45, 2.75) is 46.3 Å². The van der Waals surface area contributed by atoms with Gasteiger partial charge in [-0.2, -0.15) is 0 Å². The summed E-state index contributed by atoms with van der Waals surface area (Å²) in [5.41, 5.74) is 1.28. The van der Waals surface area contributed by atoms with Crippen LogP contribution in [0.2, 0.25) is 0 Å². The van der Waals surface area contributed by atoms with Crippen LogP contribution >= 0.6 is 0 Å². The molecule has 0 aromatic carbocycles. The quantitative estimate of drug-likeness (QED) is 0.768. The van der Waals surface area contributed by atoms with E-state index in [1.807, 2.05) is 12.5 Å². The molecule has 1 heterocycles. The van der Waals surface area contributed by atoms with Crippen LogP contribution in [0.1, 0.15) is 32.9 Å². The molecule has 0 bridgehead atoms. The number of hydrogen-bond donors (Lipinski definition) is 1. The Kier molecular flexibility index (Phi) is 6.36. The van der Waals surface area contributed by atoms with Crippen molar-refractivity contribution in [2.75, 3.05) is 20.6 Å². The third-order valence-electron chi connectivity index (χ3n) is 3.36. The van der Waals surface area contributed by atoms with E-state index in [0.29, 0.717) is 12.0 Å². The minimum Gasteiger partial charge on any atom is -0.333 e. The van der Waals surface area contributed by atoms with Crippen LogP contribution in [0, 0.1) is 5.92 Å². The van der Waals surface area contributed by atoms with Gasteiger partial charge in [-0.3, -0.25) is 0 Å². The lowest BCUT2D eigenvalue weighted by atomic mass is 10.0. The van der Waals surface area contributed by atoms with E-state index in [-0.39, 0.29) is 0 Å². The molecule has 104 valence electrons. The Morgan fingerprint density at radius 1 is 1.39 bits per heavy atom. The first-order valence-corrected chi connectivity index (χ1v) is 6.92. The molecule has 4 heteroatoms. The molecule has 0 aliphatic carbocycles. The SMILES string of the molecule is CCCn1cncc1CNCC(C(C)C)N(C)C. The normalized spacial score (nSPS) is 13.5. The van der Waals surface area contributed by atoms with Gasteiger partial charge in [0.05, 0.1) is 12.0 Å². The van der Waals surface area contributed by atoms with E-state index in [2.05, 4.69) is 54.6 Å². The number of imidazole rings is 1. The second-order valence-electron chi connectivity index (χ2n) is 5.48. The van der Waals surface area contributed by atoms with Crippen molar-refractivity contribution in [1.82, 2.24) is 19.8 Å². The first-order chi connectivity index (χ1) is 8.56. The van der Waals surface area contributed by atoms with Gasteiger partial charge in [0.25, 0.3) is 0 Å².